The van der Waals surface area contributed by atoms with Crippen LogP contribution in [0.25, 0.3) is 0 Å². The molecule has 0 aliphatic carbocycles. The van der Waals surface area contributed by atoms with Crippen LogP contribution in [0, 0.1) is 23.7 Å². The zero-order valence-corrected chi connectivity index (χ0v) is 66.7. The number of hydrogen-bond acceptors (Lipinski definition) is 19. The number of thioether (sulfide) groups is 2. The molecule has 3 aliphatic rings. The Hall–Kier alpha value is -8.48. The van der Waals surface area contributed by atoms with Gasteiger partial charge >= 0.3 is 6.09 Å². The summed E-state index contributed by atoms with van der Waals surface area (Å²) in [5.41, 5.74) is 3.04. The summed E-state index contributed by atoms with van der Waals surface area (Å²) in [6, 6.07) is 25.8. The second-order valence-electron chi connectivity index (χ2n) is 28.8. The number of aromatic nitrogens is 1. The molecule has 108 heavy (non-hydrogen) atoms. The zero-order chi connectivity index (χ0) is 78.7. The fourth-order valence-electron chi connectivity index (χ4n) is 13.5. The summed E-state index contributed by atoms with van der Waals surface area (Å²) in [5.74, 6) is -4.77. The van der Waals surface area contributed by atoms with E-state index in [0.717, 1.165) is 25.9 Å². The van der Waals surface area contributed by atoms with Crippen LogP contribution in [0.2, 0.25) is 0 Å². The van der Waals surface area contributed by atoms with Gasteiger partial charge in [-0.25, -0.2) is 9.78 Å². The van der Waals surface area contributed by atoms with E-state index < -0.39 is 95.9 Å². The molecule has 0 saturated carbocycles. The van der Waals surface area contributed by atoms with Crippen molar-refractivity contribution in [3.8, 4) is 0 Å². The predicted molar refractivity (Wildman–Crippen MR) is 418 cm³/mol. The van der Waals surface area contributed by atoms with Crippen LogP contribution in [0.3, 0.4) is 0 Å². The van der Waals surface area contributed by atoms with Gasteiger partial charge in [-0.15, -0.1) is 23.1 Å². The minimum atomic E-state index is -1.27. The van der Waals surface area contributed by atoms with Crippen molar-refractivity contribution in [2.24, 2.45) is 23.7 Å². The number of carbonyl (C=O) groups is 11. The lowest BCUT2D eigenvalue weighted by atomic mass is 9.89. The van der Waals surface area contributed by atoms with Crippen LogP contribution in [0.1, 0.15) is 141 Å². The molecule has 588 valence electrons. The first-order valence-electron chi connectivity index (χ1n) is 37.2. The van der Waals surface area contributed by atoms with Crippen molar-refractivity contribution in [2.75, 3.05) is 63.8 Å². The van der Waals surface area contributed by atoms with E-state index in [-0.39, 0.29) is 117 Å². The molecule has 0 radical (unpaired) electrons. The number of thiazole rings is 1. The largest absolute Gasteiger partial charge is 0.445 e. The summed E-state index contributed by atoms with van der Waals surface area (Å²) in [6.45, 7) is 15.6. The van der Waals surface area contributed by atoms with Crippen molar-refractivity contribution in [2.45, 2.75) is 199 Å². The Kier molecular flexibility index (Phi) is 34.6. The smallest absolute Gasteiger partial charge is 0.410 e. The monoisotopic (exact) mass is 1550 g/mol. The number of ketones is 1. The third kappa shape index (κ3) is 25.8. The fraction of sp³-hybridized carbons (Fsp3) is 0.544. The summed E-state index contributed by atoms with van der Waals surface area (Å²) < 4.78 is 11.6. The number of aliphatic hydroxyl groups is 1. The highest BCUT2D eigenvalue weighted by molar-refractivity contribution is 8.00. The van der Waals surface area contributed by atoms with Crippen molar-refractivity contribution in [3.63, 3.8) is 0 Å². The molecule has 2 saturated heterocycles. The standard InChI is InChI=1S/C79H110N12O14S3/c1-13-51(6)71(64(93)43-63(92)60-34-35-61(84-60)72(104-12)52(7)73(98)85-62(77-80-38-41-108-77)42-56-23-18-16-19-24-56)87(10)78(102)54(9)82-76(101)70(50(4)5)88(11)79(103)105-44-57-28-31-58(32-29-57)83-74(99)53(8)81-75(100)69(49(2)3)86-65(94)45-106-39-36-67(96)90-46-89-47-91(48-90)68(97)37-40-107-59-26-20-15-14-17-22-55(30-33-59)25-21-27-66(89)95/h14-20,22-24,26,28-33,38,41,49-54,60-62,64,69-72,84,93H,13,21,25,27,34-37,39-40,42-48H2,1-12H3,(H,81,100)(H,82,101)(H,83,99)(H,85,98)(H,86,94)/t51-,52+,53-,54-,60?,61-,62-,64+,69-,70-,71-,72+/m0/s1. The first-order valence-corrected chi connectivity index (χ1v) is 40.2. The number of fused-ring (bicyclic) bond motifs is 5. The number of ether oxygens (including phenoxy) is 2. The van der Waals surface area contributed by atoms with Crippen LogP contribution in [-0.2, 0) is 76.9 Å². The van der Waals surface area contributed by atoms with Crippen LogP contribution >= 0.6 is 34.9 Å². The number of anilines is 1. The Bertz CT molecular complexity index is 3680. The molecular formula is C79H110N12O14S3. The number of Topliss-reactive ketones (excluding diaryl/α,β-unsaturated/α-hetero) is 1. The first kappa shape index (κ1) is 86.8. The third-order valence-electron chi connectivity index (χ3n) is 19.8. The Balaban J connectivity index is 0.820. The maximum absolute atomic E-state index is 14.2. The lowest BCUT2D eigenvalue weighted by Crippen LogP contribution is -2.59. The number of amides is 10. The van der Waals surface area contributed by atoms with Crippen molar-refractivity contribution in [3.05, 3.63) is 136 Å². The topological polar surface area (TPSA) is 328 Å². The second kappa shape index (κ2) is 43.1. The zero-order valence-electron chi connectivity index (χ0n) is 64.2. The van der Waals surface area contributed by atoms with Crippen molar-refractivity contribution in [1.29, 1.82) is 0 Å². The maximum Gasteiger partial charge on any atom is 0.410 e. The number of benzene rings is 2. The van der Waals surface area contributed by atoms with Crippen molar-refractivity contribution >= 4 is 106 Å². The molecule has 12 atom stereocenters. The van der Waals surface area contributed by atoms with Crippen LogP contribution in [0.4, 0.5) is 10.5 Å². The predicted octanol–water partition coefficient (Wildman–Crippen LogP) is 8.03. The summed E-state index contributed by atoms with van der Waals surface area (Å²) in [5, 5.41) is 32.0. The van der Waals surface area contributed by atoms with E-state index in [4.69, 9.17) is 9.47 Å². The number of nitrogens with one attached hydrogen (secondary N) is 6. The van der Waals surface area contributed by atoms with Gasteiger partial charge in [0.05, 0.1) is 62.0 Å². The summed E-state index contributed by atoms with van der Waals surface area (Å²) >= 11 is 4.23. The van der Waals surface area contributed by atoms with E-state index >= 15 is 0 Å². The van der Waals surface area contributed by atoms with E-state index in [9.17, 15) is 57.8 Å². The molecule has 2 fully saturated rings. The molecule has 10 amide bonds. The van der Waals surface area contributed by atoms with Crippen molar-refractivity contribution < 1.29 is 67.3 Å². The Morgan fingerprint density at radius 3 is 2.04 bits per heavy atom. The van der Waals surface area contributed by atoms with Gasteiger partial charge in [0.15, 0.2) is 5.78 Å². The SMILES string of the molecule is CC[C@H](C)[C@@H]([C@H](O)CC(=O)C1CC[C@@H]([C@H](OC)[C@@H](C)C(=O)N[C@@H](Cc2ccccc2)c2nccs2)N1)N(C)C(=O)[C@H](C)NC(=O)[C@H](C(C)C)N(C)C(=O)OCc1ccc(NC(=O)[C@H](C)NC(=O)[C@@H](NC(=O)CSCCC(=O)N2CN3CN(C2)C(=O)CCSc2ccccccc(cc2)CCCC3=O)C(C)C)cc1. The number of nitrogens with zero attached hydrogens (tertiary/aromatic N) is 6. The highest BCUT2D eigenvalue weighted by Gasteiger charge is 2.42. The molecule has 4 heterocycles. The number of rotatable bonds is 33. The van der Waals surface area contributed by atoms with E-state index in [1.165, 1.54) is 65.7 Å². The molecule has 1 unspecified atom stereocenters. The highest BCUT2D eigenvalue weighted by Crippen LogP contribution is 2.29. The van der Waals surface area contributed by atoms with Crippen LogP contribution in [0.5, 0.6) is 0 Å². The van der Waals surface area contributed by atoms with Gasteiger partial charge in [-0.05, 0) is 105 Å². The van der Waals surface area contributed by atoms with Crippen molar-refractivity contribution in [1.82, 2.24) is 56.1 Å². The summed E-state index contributed by atoms with van der Waals surface area (Å²) in [4.78, 5) is 163. The fourth-order valence-corrected chi connectivity index (χ4v) is 15.8. The number of methoxy groups -OCH3 is 1. The normalized spacial score (nSPS) is 18.2. The molecule has 3 aliphatic heterocycles. The van der Waals surface area contributed by atoms with Gasteiger partial charge in [0.25, 0.3) is 0 Å². The molecule has 7 N–H and O–H groups in total. The maximum atomic E-state index is 14.2. The molecule has 7 rings (SSSR count). The lowest BCUT2D eigenvalue weighted by Gasteiger charge is -2.42. The average Bonchev–Trinajstić information content (AvgIpc) is 0.853. The molecule has 4 bridgehead atoms. The van der Waals surface area contributed by atoms with E-state index in [1.54, 1.807) is 88.9 Å². The summed E-state index contributed by atoms with van der Waals surface area (Å²) in [6.07, 6.45) is 2.63. The van der Waals surface area contributed by atoms with Gasteiger partial charge in [-0.1, -0.05) is 134 Å². The number of carbonyl (C=O) groups excluding carboxylic acids is 11. The molecule has 26 nitrogen and oxygen atoms in total. The van der Waals surface area contributed by atoms with Gasteiger partial charge in [-0.3, -0.25) is 52.8 Å². The number of aryl methyl sites for hydroxylation is 1. The molecule has 1 aromatic heterocycles. The number of hydrogen-bond donors (Lipinski definition) is 7. The lowest BCUT2D eigenvalue weighted by molar-refractivity contribution is -0.158. The Morgan fingerprint density at radius 1 is 0.713 bits per heavy atom. The number of likely N-dealkylation sites (N-methyl/N-ethyl adjacent to an activating group) is 2. The molecular weight excluding hydrogens is 1440 g/mol. The quantitative estimate of drug-likeness (QED) is 0.0222. The molecule has 0 spiro atoms. The third-order valence-corrected chi connectivity index (χ3v) is 22.7. The van der Waals surface area contributed by atoms with Gasteiger partial charge in [0.2, 0.25) is 53.2 Å². The van der Waals surface area contributed by atoms with Gasteiger partial charge < -0.3 is 66.1 Å². The second-order valence-corrected chi connectivity index (χ2v) is 32.0. The van der Waals surface area contributed by atoms with Gasteiger partial charge in [0.1, 0.15) is 35.8 Å². The first-order chi connectivity index (χ1) is 51.6. The Morgan fingerprint density at radius 2 is 1.38 bits per heavy atom. The molecule has 4 aromatic rings. The van der Waals surface area contributed by atoms with Crippen LogP contribution in [0.15, 0.2) is 120 Å². The summed E-state index contributed by atoms with van der Waals surface area (Å²) in [7, 11) is 4.49. The molecule has 29 heteroatoms. The van der Waals surface area contributed by atoms with E-state index in [2.05, 4.69) is 36.9 Å². The minimum absolute atomic E-state index is 0.0370. The van der Waals surface area contributed by atoms with E-state index in [0.29, 0.717) is 55.5 Å². The van der Waals surface area contributed by atoms with Gasteiger partial charge in [-0.2, -0.15) is 11.8 Å². The van der Waals surface area contributed by atoms with Crippen LogP contribution in [-0.4, -0.2) is 213 Å². The van der Waals surface area contributed by atoms with Crippen LogP contribution < -0.4 is 31.9 Å². The van der Waals surface area contributed by atoms with E-state index in [1.807, 2.05) is 98.1 Å². The molecule has 3 aromatic carbocycles. The number of aliphatic hydroxyl groups excluding tert-OH is 1. The highest BCUT2D eigenvalue weighted by atomic mass is 32.2. The Labute approximate surface area is 647 Å². The average molecular weight is 1550 g/mol. The van der Waals surface area contributed by atoms with Gasteiger partial charge in [0, 0.05) is 86.6 Å². The minimum Gasteiger partial charge on any atom is -0.445 e.